The number of hydrazine groups is 1. The molecule has 0 atom stereocenters. The number of carbonyl (C=O) groups excluding carboxylic acids is 4. The summed E-state index contributed by atoms with van der Waals surface area (Å²) in [6.07, 6.45) is 1.60. The Kier molecular flexibility index (Phi) is 4.66. The highest BCUT2D eigenvalue weighted by atomic mass is 16.2. The highest BCUT2D eigenvalue weighted by Gasteiger charge is 2.34. The van der Waals surface area contributed by atoms with Crippen molar-refractivity contribution in [3.8, 4) is 0 Å². The lowest BCUT2D eigenvalue weighted by molar-refractivity contribution is 0.0642. The number of H-pyrrole nitrogens is 1. The maximum atomic E-state index is 12.5. The molecular weight excluding hydrogens is 372 g/mol. The highest BCUT2D eigenvalue weighted by Crippen LogP contribution is 2.24. The number of hydrogen-bond donors (Lipinski definition) is 3. The molecule has 2 heterocycles. The Morgan fingerprint density at radius 3 is 2.17 bits per heavy atom. The molecule has 144 valence electrons. The molecule has 3 N–H and O–H groups in total. The summed E-state index contributed by atoms with van der Waals surface area (Å²) in [6, 6.07) is 16.4. The van der Waals surface area contributed by atoms with Gasteiger partial charge in [-0.3, -0.25) is 34.9 Å². The quantitative estimate of drug-likeness (QED) is 0.468. The van der Waals surface area contributed by atoms with Crippen LogP contribution in [0.4, 0.5) is 0 Å². The zero-order valence-electron chi connectivity index (χ0n) is 15.1. The van der Waals surface area contributed by atoms with E-state index >= 15 is 0 Å². The van der Waals surface area contributed by atoms with E-state index in [2.05, 4.69) is 15.8 Å². The smallest absolute Gasteiger partial charge is 0.286 e. The van der Waals surface area contributed by atoms with Gasteiger partial charge in [-0.25, -0.2) is 0 Å². The van der Waals surface area contributed by atoms with E-state index in [-0.39, 0.29) is 23.9 Å². The van der Waals surface area contributed by atoms with Crippen LogP contribution in [0.5, 0.6) is 0 Å². The van der Waals surface area contributed by atoms with Crippen LogP contribution in [-0.2, 0) is 6.54 Å². The van der Waals surface area contributed by atoms with Crippen LogP contribution in [0, 0.1) is 0 Å². The van der Waals surface area contributed by atoms with Crippen LogP contribution in [0.1, 0.15) is 47.1 Å². The van der Waals surface area contributed by atoms with Crippen LogP contribution >= 0.6 is 0 Å². The number of nitrogens with one attached hydrogen (secondary N) is 3. The molecule has 0 saturated heterocycles. The Hall–Kier alpha value is -4.20. The largest absolute Gasteiger partial charge is 0.357 e. The lowest BCUT2D eigenvalue weighted by Gasteiger charge is -2.14. The van der Waals surface area contributed by atoms with Crippen molar-refractivity contribution in [2.24, 2.45) is 0 Å². The van der Waals surface area contributed by atoms with E-state index in [1.165, 1.54) is 0 Å². The van der Waals surface area contributed by atoms with Crippen LogP contribution in [0.25, 0.3) is 0 Å². The van der Waals surface area contributed by atoms with Gasteiger partial charge in [-0.15, -0.1) is 0 Å². The molecule has 8 nitrogen and oxygen atoms in total. The number of nitrogens with zero attached hydrogens (tertiary/aromatic N) is 1. The van der Waals surface area contributed by atoms with Crippen molar-refractivity contribution in [2.45, 2.75) is 6.54 Å². The molecule has 0 unspecified atom stereocenters. The molecule has 0 radical (unpaired) electrons. The number of benzene rings is 2. The molecule has 1 aliphatic heterocycles. The number of amides is 4. The van der Waals surface area contributed by atoms with Crippen LogP contribution in [-0.4, -0.2) is 33.5 Å². The van der Waals surface area contributed by atoms with Crippen LogP contribution in [0.2, 0.25) is 0 Å². The third kappa shape index (κ3) is 3.51. The normalized spacial score (nSPS) is 12.6. The Morgan fingerprint density at radius 1 is 0.828 bits per heavy atom. The summed E-state index contributed by atoms with van der Waals surface area (Å²) in [5, 5.41) is 0. The number of imide groups is 1. The lowest BCUT2D eigenvalue weighted by atomic mass is 10.1. The minimum absolute atomic E-state index is 0.0439. The first-order valence-electron chi connectivity index (χ1n) is 8.83. The fraction of sp³-hybridized carbons (Fsp3) is 0.0476. The fourth-order valence-corrected chi connectivity index (χ4v) is 3.10. The van der Waals surface area contributed by atoms with Crippen molar-refractivity contribution in [1.82, 2.24) is 20.7 Å². The Morgan fingerprint density at radius 2 is 1.52 bits per heavy atom. The third-order valence-corrected chi connectivity index (χ3v) is 4.54. The molecular formula is C21H16N4O4. The number of rotatable bonds is 4. The Labute approximate surface area is 165 Å². The van der Waals surface area contributed by atoms with Gasteiger partial charge >= 0.3 is 0 Å². The van der Waals surface area contributed by atoms with Crippen molar-refractivity contribution in [3.05, 3.63) is 94.8 Å². The van der Waals surface area contributed by atoms with Crippen LogP contribution in [0.3, 0.4) is 0 Å². The standard InChI is InChI=1S/C21H16N4O4/c26-18(23-24-19(27)17-9-4-10-22-17)14-6-3-5-13(11-14)12-25-20(28)15-7-1-2-8-16(15)21(25)29/h1-11,22H,12H2,(H,23,26)(H,24,27). The van der Waals surface area contributed by atoms with E-state index in [1.54, 1.807) is 66.9 Å². The van der Waals surface area contributed by atoms with E-state index in [0.717, 1.165) is 4.90 Å². The number of fused-ring (bicyclic) bond motifs is 1. The monoisotopic (exact) mass is 388 g/mol. The lowest BCUT2D eigenvalue weighted by Crippen LogP contribution is -2.41. The zero-order chi connectivity index (χ0) is 20.4. The van der Waals surface area contributed by atoms with Gasteiger partial charge in [0.15, 0.2) is 0 Å². The molecule has 0 aliphatic carbocycles. The van der Waals surface area contributed by atoms with Gasteiger partial charge in [0, 0.05) is 11.8 Å². The van der Waals surface area contributed by atoms with E-state index in [1.807, 2.05) is 0 Å². The molecule has 0 spiro atoms. The van der Waals surface area contributed by atoms with Gasteiger partial charge in [0.25, 0.3) is 23.6 Å². The number of hydrogen-bond acceptors (Lipinski definition) is 4. The maximum Gasteiger partial charge on any atom is 0.286 e. The first-order valence-corrected chi connectivity index (χ1v) is 8.83. The number of aromatic amines is 1. The fourth-order valence-electron chi connectivity index (χ4n) is 3.10. The second-order valence-corrected chi connectivity index (χ2v) is 6.43. The van der Waals surface area contributed by atoms with Gasteiger partial charge in [0.1, 0.15) is 5.69 Å². The summed E-state index contributed by atoms with van der Waals surface area (Å²) in [6.45, 7) is 0.0439. The second-order valence-electron chi connectivity index (χ2n) is 6.43. The molecule has 2 aromatic carbocycles. The van der Waals surface area contributed by atoms with Crippen molar-refractivity contribution in [2.75, 3.05) is 0 Å². The van der Waals surface area contributed by atoms with Gasteiger partial charge in [-0.2, -0.15) is 0 Å². The average Bonchev–Trinajstić information content (AvgIpc) is 3.36. The first-order chi connectivity index (χ1) is 14.0. The molecule has 3 aromatic rings. The van der Waals surface area contributed by atoms with Crippen molar-refractivity contribution >= 4 is 23.6 Å². The summed E-state index contributed by atoms with van der Waals surface area (Å²) in [5.41, 5.74) is 6.60. The predicted octanol–water partition coefficient (Wildman–Crippen LogP) is 1.89. The minimum Gasteiger partial charge on any atom is -0.357 e. The van der Waals surface area contributed by atoms with Crippen molar-refractivity contribution in [3.63, 3.8) is 0 Å². The van der Waals surface area contributed by atoms with E-state index < -0.39 is 11.8 Å². The topological polar surface area (TPSA) is 111 Å². The van der Waals surface area contributed by atoms with Gasteiger partial charge in [-0.1, -0.05) is 24.3 Å². The molecule has 1 aromatic heterocycles. The van der Waals surface area contributed by atoms with Crippen LogP contribution in [0.15, 0.2) is 66.9 Å². The number of carbonyl (C=O) groups is 4. The maximum absolute atomic E-state index is 12.5. The second kappa shape index (κ2) is 7.43. The van der Waals surface area contributed by atoms with Crippen molar-refractivity contribution in [1.29, 1.82) is 0 Å². The Bertz CT molecular complexity index is 1090. The van der Waals surface area contributed by atoms with Crippen molar-refractivity contribution < 1.29 is 19.2 Å². The SMILES string of the molecule is O=C(NNC(=O)c1ccc[nH]1)c1cccc(CN2C(=O)c3ccccc3C2=O)c1. The molecule has 1 aliphatic rings. The minimum atomic E-state index is -0.519. The van der Waals surface area contributed by atoms with Gasteiger partial charge < -0.3 is 4.98 Å². The summed E-state index contributed by atoms with van der Waals surface area (Å²) < 4.78 is 0. The summed E-state index contributed by atoms with van der Waals surface area (Å²) >= 11 is 0. The molecule has 0 saturated carbocycles. The highest BCUT2D eigenvalue weighted by molar-refractivity contribution is 6.21. The predicted molar refractivity (Wildman–Crippen MR) is 103 cm³/mol. The molecule has 0 fully saturated rings. The zero-order valence-corrected chi connectivity index (χ0v) is 15.1. The summed E-state index contributed by atoms with van der Waals surface area (Å²) in [4.78, 5) is 53.1. The molecule has 4 rings (SSSR count). The average molecular weight is 388 g/mol. The van der Waals surface area contributed by atoms with E-state index in [0.29, 0.717) is 22.4 Å². The molecule has 29 heavy (non-hydrogen) atoms. The van der Waals surface area contributed by atoms with E-state index in [9.17, 15) is 19.2 Å². The molecule has 8 heteroatoms. The number of aromatic nitrogens is 1. The van der Waals surface area contributed by atoms with E-state index in [4.69, 9.17) is 0 Å². The van der Waals surface area contributed by atoms with Gasteiger partial charge in [0.2, 0.25) is 0 Å². The third-order valence-electron chi connectivity index (χ3n) is 4.54. The molecule has 4 amide bonds. The van der Waals surface area contributed by atoms with Crippen LogP contribution < -0.4 is 10.9 Å². The Balaban J connectivity index is 1.44. The van der Waals surface area contributed by atoms with Gasteiger partial charge in [-0.05, 0) is 42.0 Å². The summed E-state index contributed by atoms with van der Waals surface area (Å²) in [5.74, 6) is -1.73. The van der Waals surface area contributed by atoms with Gasteiger partial charge in [0.05, 0.1) is 17.7 Å². The molecule has 0 bridgehead atoms. The first kappa shape index (κ1) is 18.2. The summed E-state index contributed by atoms with van der Waals surface area (Å²) in [7, 11) is 0.